The number of aromatic amines is 1. The van der Waals surface area contributed by atoms with Crippen molar-refractivity contribution in [3.63, 3.8) is 0 Å². The van der Waals surface area contributed by atoms with Crippen molar-refractivity contribution in [1.82, 2.24) is 10.3 Å². The average molecular weight is 545 g/mol. The van der Waals surface area contributed by atoms with Crippen LogP contribution in [0.4, 0.5) is 11.4 Å². The Morgan fingerprint density at radius 3 is 2.45 bits per heavy atom. The molecule has 3 aromatic rings. The van der Waals surface area contributed by atoms with Crippen LogP contribution in [0.25, 0.3) is 11.1 Å². The number of ether oxygens (including phenoxy) is 1. The van der Waals surface area contributed by atoms with Gasteiger partial charge in [0, 0.05) is 67.0 Å². The first-order chi connectivity index (χ1) is 19.2. The zero-order valence-electron chi connectivity index (χ0n) is 24.1. The van der Waals surface area contributed by atoms with Crippen molar-refractivity contribution in [3.8, 4) is 11.1 Å². The number of H-pyrrole nitrogens is 1. The van der Waals surface area contributed by atoms with Crippen LogP contribution in [-0.4, -0.2) is 42.6 Å². The third kappa shape index (κ3) is 6.62. The van der Waals surface area contributed by atoms with Gasteiger partial charge in [0.15, 0.2) is 0 Å². The highest BCUT2D eigenvalue weighted by atomic mass is 16.5. The maximum Gasteiger partial charge on any atom is 0.253 e. The normalized spacial score (nSPS) is 13.6. The smallest absolute Gasteiger partial charge is 0.253 e. The fourth-order valence-electron chi connectivity index (χ4n) is 5.41. The Balaban J connectivity index is 1.75. The van der Waals surface area contributed by atoms with Gasteiger partial charge in [-0.2, -0.15) is 0 Å². The minimum Gasteiger partial charge on any atom is -0.381 e. The molecule has 0 unspecified atom stereocenters. The van der Waals surface area contributed by atoms with Crippen molar-refractivity contribution in [3.05, 3.63) is 80.8 Å². The fourth-order valence-corrected chi connectivity index (χ4v) is 5.41. The van der Waals surface area contributed by atoms with Crippen molar-refractivity contribution in [2.75, 3.05) is 30.0 Å². The number of carbonyl (C=O) groups is 2. The van der Waals surface area contributed by atoms with Crippen molar-refractivity contribution >= 4 is 23.2 Å². The number of pyridine rings is 1. The maximum absolute atomic E-state index is 13.7. The number of aromatic nitrogens is 1. The summed E-state index contributed by atoms with van der Waals surface area (Å²) in [5.41, 5.74) is 6.93. The average Bonchev–Trinajstić information content (AvgIpc) is 2.94. The van der Waals surface area contributed by atoms with E-state index in [4.69, 9.17) is 4.74 Å². The molecular formula is C32H40N4O4. The molecule has 2 amide bonds. The Labute approximate surface area is 236 Å². The molecule has 2 heterocycles. The molecule has 1 fully saturated rings. The summed E-state index contributed by atoms with van der Waals surface area (Å²) in [6, 6.07) is 13.9. The van der Waals surface area contributed by atoms with E-state index in [0.29, 0.717) is 29.3 Å². The van der Waals surface area contributed by atoms with Crippen molar-refractivity contribution in [2.45, 2.75) is 66.5 Å². The van der Waals surface area contributed by atoms with Crippen LogP contribution in [-0.2, 0) is 16.1 Å². The lowest BCUT2D eigenvalue weighted by Crippen LogP contribution is -2.40. The third-order valence-electron chi connectivity index (χ3n) is 7.63. The van der Waals surface area contributed by atoms with Crippen LogP contribution < -0.4 is 21.1 Å². The van der Waals surface area contributed by atoms with E-state index in [9.17, 15) is 14.4 Å². The largest absolute Gasteiger partial charge is 0.381 e. The number of benzene rings is 2. The van der Waals surface area contributed by atoms with Gasteiger partial charge in [0.1, 0.15) is 0 Å². The summed E-state index contributed by atoms with van der Waals surface area (Å²) in [5, 5.41) is 5.92. The zero-order valence-corrected chi connectivity index (χ0v) is 24.1. The molecule has 1 aromatic heterocycles. The monoisotopic (exact) mass is 544 g/mol. The molecule has 212 valence electrons. The summed E-state index contributed by atoms with van der Waals surface area (Å²) in [7, 11) is 0. The van der Waals surface area contributed by atoms with E-state index >= 15 is 0 Å². The molecule has 0 radical (unpaired) electrons. The van der Waals surface area contributed by atoms with Gasteiger partial charge in [0.05, 0.1) is 0 Å². The van der Waals surface area contributed by atoms with E-state index in [-0.39, 0.29) is 23.9 Å². The number of hydrogen-bond donors (Lipinski definition) is 3. The van der Waals surface area contributed by atoms with Gasteiger partial charge in [-0.3, -0.25) is 14.4 Å². The van der Waals surface area contributed by atoms with E-state index in [0.717, 1.165) is 66.2 Å². The van der Waals surface area contributed by atoms with Crippen LogP contribution >= 0.6 is 0 Å². The first kappa shape index (κ1) is 29.1. The molecule has 0 atom stereocenters. The standard InChI is InChI=1S/C32H40N4O4/c1-6-30(37)35-25-10-8-9-23(16-25)24-17-27(31(38)33-19-28-20(3)15-21(4)34-32(28)39)22(5)29(18-24)36(7-2)26-11-13-40-14-12-26/h8-10,15-18,26H,6-7,11-14,19H2,1-5H3,(H,33,38)(H,34,39)(H,35,37). The SMILES string of the molecule is CCC(=O)Nc1cccc(-c2cc(C(=O)NCc3c(C)cc(C)[nH]c3=O)c(C)c(N(CC)C3CCOCC3)c2)c1. The van der Waals surface area contributed by atoms with Gasteiger partial charge in [-0.1, -0.05) is 19.1 Å². The number of hydrogen-bond acceptors (Lipinski definition) is 5. The van der Waals surface area contributed by atoms with Crippen LogP contribution in [0.15, 0.2) is 47.3 Å². The highest BCUT2D eigenvalue weighted by molar-refractivity contribution is 5.99. The number of aryl methyl sites for hydroxylation is 2. The van der Waals surface area contributed by atoms with E-state index < -0.39 is 0 Å². The molecule has 3 N–H and O–H groups in total. The predicted octanol–water partition coefficient (Wildman–Crippen LogP) is 5.25. The second-order valence-electron chi connectivity index (χ2n) is 10.4. The summed E-state index contributed by atoms with van der Waals surface area (Å²) < 4.78 is 5.62. The Hall–Kier alpha value is -3.91. The second kappa shape index (κ2) is 13.0. The zero-order chi connectivity index (χ0) is 28.8. The quantitative estimate of drug-likeness (QED) is 0.341. The number of nitrogens with one attached hydrogen (secondary N) is 3. The van der Waals surface area contributed by atoms with Crippen LogP contribution in [0.3, 0.4) is 0 Å². The van der Waals surface area contributed by atoms with Gasteiger partial charge in [0.2, 0.25) is 5.91 Å². The van der Waals surface area contributed by atoms with Crippen molar-refractivity contribution in [2.24, 2.45) is 0 Å². The van der Waals surface area contributed by atoms with Crippen LogP contribution in [0, 0.1) is 20.8 Å². The fraction of sp³-hybridized carbons (Fsp3) is 0.406. The molecule has 0 spiro atoms. The number of rotatable bonds is 9. The third-order valence-corrected chi connectivity index (χ3v) is 7.63. The Morgan fingerprint density at radius 2 is 1.77 bits per heavy atom. The first-order valence-corrected chi connectivity index (χ1v) is 14.1. The lowest BCUT2D eigenvalue weighted by Gasteiger charge is -2.37. The molecule has 1 aliphatic heterocycles. The predicted molar refractivity (Wildman–Crippen MR) is 160 cm³/mol. The Morgan fingerprint density at radius 1 is 1.02 bits per heavy atom. The molecule has 1 saturated heterocycles. The molecule has 40 heavy (non-hydrogen) atoms. The van der Waals surface area contributed by atoms with E-state index in [2.05, 4.69) is 33.5 Å². The summed E-state index contributed by atoms with van der Waals surface area (Å²) in [5.74, 6) is -0.293. The molecule has 1 aliphatic rings. The molecule has 4 rings (SSSR count). The maximum atomic E-state index is 13.7. The summed E-state index contributed by atoms with van der Waals surface area (Å²) in [6.45, 7) is 12.0. The number of amides is 2. The molecule has 8 heteroatoms. The molecule has 0 aliphatic carbocycles. The van der Waals surface area contributed by atoms with Crippen LogP contribution in [0.5, 0.6) is 0 Å². The van der Waals surface area contributed by atoms with Crippen LogP contribution in [0.1, 0.15) is 65.9 Å². The summed E-state index contributed by atoms with van der Waals surface area (Å²) in [6.07, 6.45) is 2.24. The molecule has 8 nitrogen and oxygen atoms in total. The summed E-state index contributed by atoms with van der Waals surface area (Å²) >= 11 is 0. The Kier molecular flexibility index (Phi) is 9.42. The molecule has 0 bridgehead atoms. The minimum atomic E-state index is -0.238. The van der Waals surface area contributed by atoms with Gasteiger partial charge in [-0.25, -0.2) is 0 Å². The highest BCUT2D eigenvalue weighted by Gasteiger charge is 2.25. The summed E-state index contributed by atoms with van der Waals surface area (Å²) in [4.78, 5) is 43.5. The lowest BCUT2D eigenvalue weighted by molar-refractivity contribution is -0.115. The van der Waals surface area contributed by atoms with Gasteiger partial charge < -0.3 is 25.3 Å². The van der Waals surface area contributed by atoms with E-state index in [1.54, 1.807) is 0 Å². The number of nitrogens with zero attached hydrogens (tertiary/aromatic N) is 1. The van der Waals surface area contributed by atoms with E-state index in [1.807, 2.05) is 64.1 Å². The molecule has 2 aromatic carbocycles. The number of anilines is 2. The molecular weight excluding hydrogens is 504 g/mol. The van der Waals surface area contributed by atoms with Gasteiger partial charge in [0.25, 0.3) is 11.5 Å². The molecule has 0 saturated carbocycles. The minimum absolute atomic E-state index is 0.0557. The topological polar surface area (TPSA) is 104 Å². The van der Waals surface area contributed by atoms with Gasteiger partial charge >= 0.3 is 0 Å². The van der Waals surface area contributed by atoms with E-state index in [1.165, 1.54) is 0 Å². The Bertz CT molecular complexity index is 1440. The van der Waals surface area contributed by atoms with Crippen LogP contribution in [0.2, 0.25) is 0 Å². The number of carbonyl (C=O) groups excluding carboxylic acids is 2. The van der Waals surface area contributed by atoms with Crippen molar-refractivity contribution < 1.29 is 14.3 Å². The first-order valence-electron chi connectivity index (χ1n) is 14.1. The van der Waals surface area contributed by atoms with Crippen molar-refractivity contribution in [1.29, 1.82) is 0 Å². The second-order valence-corrected chi connectivity index (χ2v) is 10.4. The van der Waals surface area contributed by atoms with Gasteiger partial charge in [-0.15, -0.1) is 0 Å². The highest BCUT2D eigenvalue weighted by Crippen LogP contribution is 2.34. The lowest BCUT2D eigenvalue weighted by atomic mass is 9.95. The van der Waals surface area contributed by atoms with Gasteiger partial charge in [-0.05, 0) is 93.1 Å².